The van der Waals surface area contributed by atoms with E-state index in [1.54, 1.807) is 7.11 Å². The van der Waals surface area contributed by atoms with Crippen LogP contribution in [0.1, 0.15) is 37.2 Å². The van der Waals surface area contributed by atoms with Gasteiger partial charge in [0.2, 0.25) is 0 Å². The summed E-state index contributed by atoms with van der Waals surface area (Å²) >= 11 is 8.27. The molecule has 0 radical (unpaired) electrons. The lowest BCUT2D eigenvalue weighted by molar-refractivity contribution is -0.0164. The summed E-state index contributed by atoms with van der Waals surface area (Å²) in [5.41, 5.74) is 0.623. The van der Waals surface area contributed by atoms with Gasteiger partial charge in [0.15, 0.2) is 5.82 Å². The molecule has 5 heteroatoms. The Hall–Kier alpha value is 0.0600. The predicted molar refractivity (Wildman–Crippen MR) is 71.7 cm³/mol. The van der Waals surface area contributed by atoms with Crippen LogP contribution < -0.4 is 0 Å². The first kappa shape index (κ1) is 12.5. The van der Waals surface area contributed by atoms with Crippen molar-refractivity contribution in [2.45, 2.75) is 38.2 Å². The predicted octanol–water partition coefficient (Wildman–Crippen LogP) is 3.46. The molecule has 0 atom stereocenters. The number of halogens is 2. The van der Waals surface area contributed by atoms with Crippen LogP contribution in [0, 0.1) is 10.5 Å². The van der Waals surface area contributed by atoms with Crippen molar-refractivity contribution in [1.29, 1.82) is 0 Å². The average molecular weight is 353 g/mol. The van der Waals surface area contributed by atoms with Gasteiger partial charge in [0.05, 0.1) is 9.26 Å². The van der Waals surface area contributed by atoms with Crippen LogP contribution >= 0.6 is 34.2 Å². The molecule has 1 heterocycles. The van der Waals surface area contributed by atoms with Gasteiger partial charge in [0.1, 0.15) is 10.8 Å². The SMILES string of the molecule is COC1(c2nc(C)c(I)c(Cl)n2)CCCC1. The molecule has 16 heavy (non-hydrogen) atoms. The fourth-order valence-electron chi connectivity index (χ4n) is 2.19. The Labute approximate surface area is 114 Å². The van der Waals surface area contributed by atoms with Gasteiger partial charge in [-0.2, -0.15) is 0 Å². The number of hydrogen-bond acceptors (Lipinski definition) is 3. The summed E-state index contributed by atoms with van der Waals surface area (Å²) in [7, 11) is 1.73. The van der Waals surface area contributed by atoms with Gasteiger partial charge in [-0.25, -0.2) is 9.97 Å². The summed E-state index contributed by atoms with van der Waals surface area (Å²) in [6, 6.07) is 0. The molecule has 0 N–H and O–H groups in total. The zero-order valence-electron chi connectivity index (χ0n) is 9.39. The molecule has 1 aliphatic carbocycles. The second kappa shape index (κ2) is 4.74. The van der Waals surface area contributed by atoms with E-state index in [-0.39, 0.29) is 5.60 Å². The molecule has 88 valence electrons. The minimum atomic E-state index is -0.307. The van der Waals surface area contributed by atoms with E-state index < -0.39 is 0 Å². The number of aryl methyl sites for hydroxylation is 1. The highest BCUT2D eigenvalue weighted by Gasteiger charge is 2.39. The highest BCUT2D eigenvalue weighted by molar-refractivity contribution is 14.1. The zero-order chi connectivity index (χ0) is 11.8. The van der Waals surface area contributed by atoms with Crippen molar-refractivity contribution in [3.8, 4) is 0 Å². The Balaban J connectivity index is 2.47. The lowest BCUT2D eigenvalue weighted by Crippen LogP contribution is -2.28. The normalized spacial score (nSPS) is 19.0. The largest absolute Gasteiger partial charge is 0.370 e. The molecule has 0 spiro atoms. The number of methoxy groups -OCH3 is 1. The van der Waals surface area contributed by atoms with Crippen molar-refractivity contribution >= 4 is 34.2 Å². The summed E-state index contributed by atoms with van der Waals surface area (Å²) in [5.74, 6) is 0.746. The summed E-state index contributed by atoms with van der Waals surface area (Å²) in [5, 5.41) is 0.534. The van der Waals surface area contributed by atoms with Gasteiger partial charge < -0.3 is 4.74 Å². The van der Waals surface area contributed by atoms with E-state index in [4.69, 9.17) is 16.3 Å². The maximum Gasteiger partial charge on any atom is 0.162 e. The zero-order valence-corrected chi connectivity index (χ0v) is 12.3. The Morgan fingerprint density at radius 3 is 2.44 bits per heavy atom. The molecule has 0 saturated heterocycles. The first-order valence-electron chi connectivity index (χ1n) is 5.34. The van der Waals surface area contributed by atoms with Crippen LogP contribution in [0.4, 0.5) is 0 Å². The second-order valence-corrected chi connectivity index (χ2v) is 5.58. The van der Waals surface area contributed by atoms with Crippen molar-refractivity contribution < 1.29 is 4.74 Å². The molecule has 0 unspecified atom stereocenters. The van der Waals surface area contributed by atoms with E-state index in [0.717, 1.165) is 27.9 Å². The summed E-state index contributed by atoms with van der Waals surface area (Å²) in [6.07, 6.45) is 4.30. The van der Waals surface area contributed by atoms with Crippen LogP contribution in [0.2, 0.25) is 5.15 Å². The number of nitrogens with zero attached hydrogens (tertiary/aromatic N) is 2. The first-order valence-corrected chi connectivity index (χ1v) is 6.80. The van der Waals surface area contributed by atoms with Crippen LogP contribution in [0.15, 0.2) is 0 Å². The van der Waals surface area contributed by atoms with Crippen LogP contribution in [0.3, 0.4) is 0 Å². The highest BCUT2D eigenvalue weighted by Crippen LogP contribution is 2.40. The smallest absolute Gasteiger partial charge is 0.162 e. The molecule has 1 saturated carbocycles. The third-order valence-corrected chi connectivity index (χ3v) is 5.07. The fraction of sp³-hybridized carbons (Fsp3) is 0.636. The lowest BCUT2D eigenvalue weighted by atomic mass is 10.0. The number of rotatable bonds is 2. The third-order valence-electron chi connectivity index (χ3n) is 3.19. The van der Waals surface area contributed by atoms with E-state index in [1.807, 2.05) is 6.92 Å². The standard InChI is InChI=1S/C11H14ClIN2O/c1-7-8(13)9(12)15-10(14-7)11(16-2)5-3-4-6-11/h3-6H2,1-2H3. The number of ether oxygens (including phenoxy) is 1. The Bertz CT molecular complexity index is 382. The summed E-state index contributed by atoms with van der Waals surface area (Å²) in [4.78, 5) is 8.91. The average Bonchev–Trinajstić information content (AvgIpc) is 2.75. The summed E-state index contributed by atoms with van der Waals surface area (Å²) < 4.78 is 6.57. The number of hydrogen-bond donors (Lipinski definition) is 0. The van der Waals surface area contributed by atoms with Crippen LogP contribution in [0.5, 0.6) is 0 Å². The van der Waals surface area contributed by atoms with E-state index in [1.165, 1.54) is 12.8 Å². The minimum absolute atomic E-state index is 0.307. The molecule has 0 amide bonds. The maximum atomic E-state index is 6.10. The molecule has 1 aromatic heterocycles. The van der Waals surface area contributed by atoms with Gasteiger partial charge in [-0.15, -0.1) is 0 Å². The topological polar surface area (TPSA) is 35.0 Å². The van der Waals surface area contributed by atoms with Crippen molar-refractivity contribution in [1.82, 2.24) is 9.97 Å². The van der Waals surface area contributed by atoms with Crippen LogP contribution in [0.25, 0.3) is 0 Å². The van der Waals surface area contributed by atoms with Gasteiger partial charge >= 0.3 is 0 Å². The van der Waals surface area contributed by atoms with Gasteiger partial charge in [0, 0.05) is 7.11 Å². The molecule has 1 aromatic rings. The molecule has 3 nitrogen and oxygen atoms in total. The Kier molecular flexibility index (Phi) is 3.71. The first-order chi connectivity index (χ1) is 7.59. The van der Waals surface area contributed by atoms with Gasteiger partial charge in [-0.1, -0.05) is 11.6 Å². The molecule has 1 fully saturated rings. The lowest BCUT2D eigenvalue weighted by Gasteiger charge is -2.26. The molecular formula is C11H14ClIN2O. The highest BCUT2D eigenvalue weighted by atomic mass is 127. The fourth-order valence-corrected chi connectivity index (χ4v) is 2.65. The molecular weight excluding hydrogens is 338 g/mol. The molecule has 0 aromatic carbocycles. The molecule has 0 aliphatic heterocycles. The molecule has 1 aliphatic rings. The maximum absolute atomic E-state index is 6.10. The van der Waals surface area contributed by atoms with Crippen molar-refractivity contribution in [3.63, 3.8) is 0 Å². The van der Waals surface area contributed by atoms with E-state index >= 15 is 0 Å². The van der Waals surface area contributed by atoms with Crippen molar-refractivity contribution in [2.24, 2.45) is 0 Å². The van der Waals surface area contributed by atoms with E-state index in [2.05, 4.69) is 32.6 Å². The Morgan fingerprint density at radius 1 is 1.31 bits per heavy atom. The van der Waals surface area contributed by atoms with E-state index in [9.17, 15) is 0 Å². The third kappa shape index (κ3) is 2.07. The van der Waals surface area contributed by atoms with Gasteiger partial charge in [-0.3, -0.25) is 0 Å². The van der Waals surface area contributed by atoms with Crippen LogP contribution in [-0.4, -0.2) is 17.1 Å². The number of aromatic nitrogens is 2. The van der Waals surface area contributed by atoms with Crippen LogP contribution in [-0.2, 0) is 10.3 Å². The minimum Gasteiger partial charge on any atom is -0.370 e. The van der Waals surface area contributed by atoms with Crippen molar-refractivity contribution in [2.75, 3.05) is 7.11 Å². The quantitative estimate of drug-likeness (QED) is 0.604. The van der Waals surface area contributed by atoms with Gasteiger partial charge in [-0.05, 0) is 55.2 Å². The summed E-state index contributed by atoms with van der Waals surface area (Å²) in [6.45, 7) is 1.96. The van der Waals surface area contributed by atoms with E-state index in [0.29, 0.717) is 5.15 Å². The molecule has 2 rings (SSSR count). The van der Waals surface area contributed by atoms with Crippen molar-refractivity contribution in [3.05, 3.63) is 20.2 Å². The van der Waals surface area contributed by atoms with Gasteiger partial charge in [0.25, 0.3) is 0 Å². The monoisotopic (exact) mass is 352 g/mol. The molecule has 0 bridgehead atoms. The Morgan fingerprint density at radius 2 is 1.94 bits per heavy atom. The second-order valence-electron chi connectivity index (χ2n) is 4.14.